The zero-order valence-corrected chi connectivity index (χ0v) is 11.8. The number of carbonyl (C=O) groups excluding carboxylic acids is 1. The Morgan fingerprint density at radius 3 is 2.35 bits per heavy atom. The largest absolute Gasteiger partial charge is 0.372 e. The highest BCUT2D eigenvalue weighted by Gasteiger charge is 2.14. The molecule has 2 N–H and O–H groups in total. The van der Waals surface area contributed by atoms with Gasteiger partial charge in [0.1, 0.15) is 17.3 Å². The van der Waals surface area contributed by atoms with Crippen LogP contribution in [0.3, 0.4) is 0 Å². The van der Waals surface area contributed by atoms with Crippen molar-refractivity contribution >= 4 is 40.6 Å². The number of carbonyl (C=O) groups is 1. The van der Waals surface area contributed by atoms with Gasteiger partial charge in [0.05, 0.1) is 28.1 Å². The van der Waals surface area contributed by atoms with Gasteiger partial charge in [-0.25, -0.2) is 14.4 Å². The number of anilines is 2. The van der Waals surface area contributed by atoms with E-state index in [1.54, 1.807) is 7.05 Å². The lowest BCUT2D eigenvalue weighted by Gasteiger charge is -2.09. The van der Waals surface area contributed by atoms with Gasteiger partial charge in [0.25, 0.3) is 5.91 Å². The first-order valence-electron chi connectivity index (χ1n) is 5.47. The lowest BCUT2D eigenvalue weighted by Crippen LogP contribution is -2.15. The molecule has 1 amide bonds. The summed E-state index contributed by atoms with van der Waals surface area (Å²) in [5.41, 5.74) is 0.208. The number of hydrogen-bond acceptors (Lipinski definition) is 4. The summed E-state index contributed by atoms with van der Waals surface area (Å²) in [4.78, 5) is 19.8. The minimum absolute atomic E-state index is 0.00292. The molecule has 0 aliphatic carbocycles. The summed E-state index contributed by atoms with van der Waals surface area (Å²) in [6.07, 6.45) is 2.70. The summed E-state index contributed by atoms with van der Waals surface area (Å²) < 4.78 is 13.0. The molecule has 1 aromatic heterocycles. The Bertz CT molecular complexity index is 625. The van der Waals surface area contributed by atoms with E-state index in [-0.39, 0.29) is 21.4 Å². The van der Waals surface area contributed by atoms with E-state index in [1.807, 2.05) is 0 Å². The van der Waals surface area contributed by atoms with Crippen molar-refractivity contribution in [3.05, 3.63) is 46.1 Å². The third-order valence-corrected chi connectivity index (χ3v) is 2.98. The number of rotatable bonds is 3. The van der Waals surface area contributed by atoms with Gasteiger partial charge in [0.15, 0.2) is 0 Å². The summed E-state index contributed by atoms with van der Waals surface area (Å²) >= 11 is 11.7. The molecule has 0 fully saturated rings. The minimum Gasteiger partial charge on any atom is -0.372 e. The van der Waals surface area contributed by atoms with E-state index in [4.69, 9.17) is 23.2 Å². The summed E-state index contributed by atoms with van der Waals surface area (Å²) in [7, 11) is 1.68. The van der Waals surface area contributed by atoms with Gasteiger partial charge in [-0.05, 0) is 12.1 Å². The van der Waals surface area contributed by atoms with Crippen LogP contribution in [0.1, 0.15) is 10.5 Å². The molecule has 20 heavy (non-hydrogen) atoms. The highest BCUT2D eigenvalue weighted by Crippen LogP contribution is 2.31. The van der Waals surface area contributed by atoms with E-state index < -0.39 is 11.7 Å². The second-order valence-electron chi connectivity index (χ2n) is 3.74. The van der Waals surface area contributed by atoms with Gasteiger partial charge in [-0.1, -0.05) is 23.2 Å². The maximum absolute atomic E-state index is 13.0. The monoisotopic (exact) mass is 314 g/mol. The van der Waals surface area contributed by atoms with E-state index in [1.165, 1.54) is 12.4 Å². The molecular weight excluding hydrogens is 306 g/mol. The van der Waals surface area contributed by atoms with Gasteiger partial charge in [-0.15, -0.1) is 0 Å². The molecule has 0 radical (unpaired) electrons. The molecule has 0 bridgehead atoms. The zero-order chi connectivity index (χ0) is 14.7. The Morgan fingerprint density at radius 2 is 1.85 bits per heavy atom. The topological polar surface area (TPSA) is 66.9 Å². The van der Waals surface area contributed by atoms with Crippen LogP contribution in [0.15, 0.2) is 24.5 Å². The zero-order valence-electron chi connectivity index (χ0n) is 10.2. The molecule has 2 rings (SSSR count). The Balaban J connectivity index is 2.23. The summed E-state index contributed by atoms with van der Waals surface area (Å²) in [5, 5.41) is 5.25. The van der Waals surface area contributed by atoms with Gasteiger partial charge in [-0.3, -0.25) is 4.79 Å². The van der Waals surface area contributed by atoms with E-state index >= 15 is 0 Å². The molecule has 0 aliphatic heterocycles. The van der Waals surface area contributed by atoms with Crippen molar-refractivity contribution in [1.82, 2.24) is 9.97 Å². The molecule has 0 spiro atoms. The minimum atomic E-state index is -0.587. The van der Waals surface area contributed by atoms with Crippen LogP contribution >= 0.6 is 23.2 Å². The molecule has 2 aromatic rings. The number of halogens is 3. The van der Waals surface area contributed by atoms with Crippen LogP contribution in [0.5, 0.6) is 0 Å². The molecule has 0 aliphatic rings. The Kier molecular flexibility index (Phi) is 4.36. The molecule has 0 saturated carbocycles. The molecule has 0 unspecified atom stereocenters. The number of nitrogens with zero attached hydrogens (tertiary/aromatic N) is 2. The lowest BCUT2D eigenvalue weighted by molar-refractivity contribution is 0.102. The summed E-state index contributed by atoms with van der Waals surface area (Å²) in [6, 6.07) is 2.11. The SMILES string of the molecule is CNc1cnc(C(=O)Nc2c(Cl)cc(F)cc2Cl)cn1. The normalized spacial score (nSPS) is 10.2. The second kappa shape index (κ2) is 6.02. The number of amides is 1. The number of benzene rings is 1. The lowest BCUT2D eigenvalue weighted by atomic mass is 10.3. The van der Waals surface area contributed by atoms with Crippen molar-refractivity contribution in [3.8, 4) is 0 Å². The molecule has 0 saturated heterocycles. The number of nitrogens with one attached hydrogen (secondary N) is 2. The molecule has 5 nitrogen and oxygen atoms in total. The van der Waals surface area contributed by atoms with E-state index in [9.17, 15) is 9.18 Å². The Hall–Kier alpha value is -1.92. The van der Waals surface area contributed by atoms with Crippen molar-refractivity contribution < 1.29 is 9.18 Å². The summed E-state index contributed by atoms with van der Waals surface area (Å²) in [5.74, 6) is -0.605. The van der Waals surface area contributed by atoms with Crippen LogP contribution in [0, 0.1) is 5.82 Å². The highest BCUT2D eigenvalue weighted by molar-refractivity contribution is 6.40. The number of hydrogen-bond donors (Lipinski definition) is 2. The fraction of sp³-hybridized carbons (Fsp3) is 0.0833. The van der Waals surface area contributed by atoms with Gasteiger partial charge < -0.3 is 10.6 Å². The van der Waals surface area contributed by atoms with Crippen LogP contribution in [0.25, 0.3) is 0 Å². The predicted molar refractivity (Wildman–Crippen MR) is 76.0 cm³/mol. The second-order valence-corrected chi connectivity index (χ2v) is 4.55. The van der Waals surface area contributed by atoms with Crippen LogP contribution in [0.2, 0.25) is 10.0 Å². The molecule has 1 heterocycles. The molecular formula is C12H9Cl2FN4O. The predicted octanol–water partition coefficient (Wildman–Crippen LogP) is 3.22. The fourth-order valence-electron chi connectivity index (χ4n) is 1.41. The first-order chi connectivity index (χ1) is 9.51. The maximum Gasteiger partial charge on any atom is 0.275 e. The molecule has 8 heteroatoms. The van der Waals surface area contributed by atoms with Crippen molar-refractivity contribution in [2.75, 3.05) is 17.7 Å². The van der Waals surface area contributed by atoms with Crippen LogP contribution in [0.4, 0.5) is 15.9 Å². The standard InChI is InChI=1S/C12H9Cl2FN4O/c1-16-10-5-17-9(4-18-10)12(20)19-11-7(13)2-6(15)3-8(11)14/h2-5H,1H3,(H,16,18)(H,19,20). The smallest absolute Gasteiger partial charge is 0.275 e. The molecule has 0 atom stereocenters. The average Bonchev–Trinajstić information content (AvgIpc) is 2.42. The van der Waals surface area contributed by atoms with Gasteiger partial charge in [-0.2, -0.15) is 0 Å². The van der Waals surface area contributed by atoms with Gasteiger partial charge >= 0.3 is 0 Å². The Morgan fingerprint density at radius 1 is 1.20 bits per heavy atom. The molecule has 104 valence electrons. The summed E-state index contributed by atoms with van der Waals surface area (Å²) in [6.45, 7) is 0. The third-order valence-electron chi connectivity index (χ3n) is 2.39. The van der Waals surface area contributed by atoms with Crippen molar-refractivity contribution in [2.24, 2.45) is 0 Å². The Labute approximate surface area is 124 Å². The fourth-order valence-corrected chi connectivity index (χ4v) is 1.97. The van der Waals surface area contributed by atoms with Gasteiger partial charge in [0, 0.05) is 7.05 Å². The first kappa shape index (κ1) is 14.5. The van der Waals surface area contributed by atoms with Crippen molar-refractivity contribution in [3.63, 3.8) is 0 Å². The van der Waals surface area contributed by atoms with E-state index in [0.717, 1.165) is 12.1 Å². The quantitative estimate of drug-likeness (QED) is 0.912. The van der Waals surface area contributed by atoms with Crippen molar-refractivity contribution in [1.29, 1.82) is 0 Å². The van der Waals surface area contributed by atoms with Crippen LogP contribution in [-0.4, -0.2) is 22.9 Å². The average molecular weight is 315 g/mol. The first-order valence-corrected chi connectivity index (χ1v) is 6.22. The van der Waals surface area contributed by atoms with E-state index in [2.05, 4.69) is 20.6 Å². The van der Waals surface area contributed by atoms with Gasteiger partial charge in [0.2, 0.25) is 0 Å². The molecule has 1 aromatic carbocycles. The van der Waals surface area contributed by atoms with E-state index in [0.29, 0.717) is 5.82 Å². The maximum atomic E-state index is 13.0. The highest BCUT2D eigenvalue weighted by atomic mass is 35.5. The van der Waals surface area contributed by atoms with Crippen LogP contribution in [-0.2, 0) is 0 Å². The number of aromatic nitrogens is 2. The van der Waals surface area contributed by atoms with Crippen molar-refractivity contribution in [2.45, 2.75) is 0 Å². The van der Waals surface area contributed by atoms with Crippen LogP contribution < -0.4 is 10.6 Å². The third kappa shape index (κ3) is 3.15.